The van der Waals surface area contributed by atoms with Gasteiger partial charge in [0.1, 0.15) is 5.54 Å². The lowest BCUT2D eigenvalue weighted by atomic mass is 10.0. The number of nitro groups is 1. The van der Waals surface area contributed by atoms with Crippen LogP contribution in [0.15, 0.2) is 22.7 Å². The van der Waals surface area contributed by atoms with E-state index in [1.54, 1.807) is 6.07 Å². The molecule has 0 aromatic heterocycles. The monoisotopic (exact) mass is 343 g/mol. The van der Waals surface area contributed by atoms with Gasteiger partial charge < -0.3 is 10.8 Å². The Hall–Kier alpha value is -1.51. The average molecular weight is 344 g/mol. The highest BCUT2D eigenvalue weighted by atomic mass is 79.9. The Morgan fingerprint density at radius 1 is 1.60 bits per heavy atom. The number of nitrogens with zero attached hydrogens (tertiary/aromatic N) is 2. The number of benzene rings is 1. The summed E-state index contributed by atoms with van der Waals surface area (Å²) in [4.78, 5) is 23.2. The second-order valence-corrected chi connectivity index (χ2v) is 5.81. The van der Waals surface area contributed by atoms with Crippen LogP contribution in [0, 0.1) is 10.1 Å². The third-order valence-corrected chi connectivity index (χ3v) is 4.19. The van der Waals surface area contributed by atoms with Crippen molar-refractivity contribution in [3.05, 3.63) is 38.3 Å². The Morgan fingerprint density at radius 3 is 2.80 bits per heavy atom. The van der Waals surface area contributed by atoms with Gasteiger partial charge in [0.2, 0.25) is 0 Å². The van der Waals surface area contributed by atoms with Crippen LogP contribution in [-0.2, 0) is 11.3 Å². The molecule has 1 fully saturated rings. The first-order chi connectivity index (χ1) is 9.32. The normalized spacial score (nSPS) is 22.9. The van der Waals surface area contributed by atoms with Crippen molar-refractivity contribution in [3.63, 3.8) is 0 Å². The van der Waals surface area contributed by atoms with Crippen LogP contribution in [-0.4, -0.2) is 39.5 Å². The van der Waals surface area contributed by atoms with E-state index in [2.05, 4.69) is 15.9 Å². The van der Waals surface area contributed by atoms with Crippen LogP contribution in [0.1, 0.15) is 12.0 Å². The van der Waals surface area contributed by atoms with Gasteiger partial charge in [-0.15, -0.1) is 0 Å². The zero-order valence-corrected chi connectivity index (χ0v) is 12.2. The van der Waals surface area contributed by atoms with Gasteiger partial charge in [0.05, 0.1) is 4.92 Å². The van der Waals surface area contributed by atoms with E-state index in [0.29, 0.717) is 24.0 Å². The number of carboxylic acid groups (broad SMARTS) is 1. The maximum Gasteiger partial charge on any atom is 0.325 e. The maximum atomic E-state index is 11.1. The van der Waals surface area contributed by atoms with E-state index < -0.39 is 16.4 Å². The quantitative estimate of drug-likeness (QED) is 0.630. The molecule has 1 aliphatic heterocycles. The van der Waals surface area contributed by atoms with Gasteiger partial charge in [-0.25, -0.2) is 0 Å². The van der Waals surface area contributed by atoms with Crippen LogP contribution in [0.3, 0.4) is 0 Å². The number of carboxylic acids is 1. The molecular formula is C12H14BrN3O4. The molecule has 20 heavy (non-hydrogen) atoms. The fourth-order valence-corrected chi connectivity index (χ4v) is 2.74. The molecule has 108 valence electrons. The zero-order valence-electron chi connectivity index (χ0n) is 10.6. The van der Waals surface area contributed by atoms with Crippen LogP contribution in [0.4, 0.5) is 5.69 Å². The molecule has 7 nitrogen and oxygen atoms in total. The number of likely N-dealkylation sites (tertiary alicyclic amines) is 1. The Kier molecular flexibility index (Phi) is 4.07. The first-order valence-corrected chi connectivity index (χ1v) is 6.78. The molecular weight excluding hydrogens is 330 g/mol. The fraction of sp³-hybridized carbons (Fsp3) is 0.417. The molecule has 1 heterocycles. The van der Waals surface area contributed by atoms with Gasteiger partial charge in [-0.1, -0.05) is 15.9 Å². The van der Waals surface area contributed by atoms with Crippen LogP contribution >= 0.6 is 15.9 Å². The van der Waals surface area contributed by atoms with Gasteiger partial charge in [0.15, 0.2) is 0 Å². The fourth-order valence-electron chi connectivity index (χ4n) is 2.24. The highest BCUT2D eigenvalue weighted by Gasteiger charge is 2.41. The Morgan fingerprint density at radius 2 is 2.30 bits per heavy atom. The first-order valence-electron chi connectivity index (χ1n) is 5.99. The molecule has 1 unspecified atom stereocenters. The second-order valence-electron chi connectivity index (χ2n) is 4.95. The lowest BCUT2D eigenvalue weighted by molar-refractivity contribution is -0.384. The van der Waals surface area contributed by atoms with E-state index in [4.69, 9.17) is 10.8 Å². The predicted octanol–water partition coefficient (Wildman–Crippen LogP) is 1.35. The van der Waals surface area contributed by atoms with Crippen LogP contribution < -0.4 is 5.73 Å². The summed E-state index contributed by atoms with van der Waals surface area (Å²) in [7, 11) is 0. The minimum absolute atomic E-state index is 0.0146. The number of rotatable bonds is 4. The van der Waals surface area contributed by atoms with Crippen molar-refractivity contribution < 1.29 is 14.8 Å². The third kappa shape index (κ3) is 2.97. The SMILES string of the molecule is NC1(C(=O)O)CCN(Cc2ccc([N+](=O)[O-])cc2Br)C1. The van der Waals surface area contributed by atoms with Crippen molar-refractivity contribution >= 4 is 27.6 Å². The van der Waals surface area contributed by atoms with Gasteiger partial charge >= 0.3 is 5.97 Å². The molecule has 0 spiro atoms. The zero-order chi connectivity index (χ0) is 14.9. The summed E-state index contributed by atoms with van der Waals surface area (Å²) >= 11 is 3.30. The number of aliphatic carboxylic acids is 1. The van der Waals surface area contributed by atoms with Gasteiger partial charge in [0, 0.05) is 36.2 Å². The summed E-state index contributed by atoms with van der Waals surface area (Å²) in [5.41, 5.74) is 5.48. The molecule has 0 aliphatic carbocycles. The Balaban J connectivity index is 2.09. The molecule has 1 aliphatic rings. The standard InChI is InChI=1S/C12H14BrN3O4/c13-10-5-9(16(19)20)2-1-8(10)6-15-4-3-12(14,7-15)11(17)18/h1-2,5H,3-4,6-7,14H2,(H,17,18). The topological polar surface area (TPSA) is 110 Å². The summed E-state index contributed by atoms with van der Waals surface area (Å²) in [5.74, 6) is -0.997. The highest BCUT2D eigenvalue weighted by Crippen LogP contribution is 2.27. The summed E-state index contributed by atoms with van der Waals surface area (Å²) in [6, 6.07) is 4.54. The lowest BCUT2D eigenvalue weighted by Gasteiger charge is -2.20. The largest absolute Gasteiger partial charge is 0.480 e. The number of hydrogen-bond acceptors (Lipinski definition) is 5. The predicted molar refractivity (Wildman–Crippen MR) is 75.2 cm³/mol. The number of nitro benzene ring substituents is 1. The molecule has 0 amide bonds. The van der Waals surface area contributed by atoms with Crippen molar-refractivity contribution in [2.45, 2.75) is 18.5 Å². The molecule has 1 aromatic rings. The van der Waals surface area contributed by atoms with Crippen LogP contribution in [0.5, 0.6) is 0 Å². The lowest BCUT2D eigenvalue weighted by Crippen LogP contribution is -2.50. The third-order valence-electron chi connectivity index (χ3n) is 3.45. The Labute approximate surface area is 123 Å². The summed E-state index contributed by atoms with van der Waals surface area (Å²) in [6.45, 7) is 1.36. The summed E-state index contributed by atoms with van der Waals surface area (Å²) in [5, 5.41) is 19.7. The van der Waals surface area contributed by atoms with E-state index in [1.165, 1.54) is 12.1 Å². The van der Waals surface area contributed by atoms with E-state index in [0.717, 1.165) is 5.56 Å². The first kappa shape index (κ1) is 14.9. The van der Waals surface area contributed by atoms with Gasteiger partial charge in [-0.3, -0.25) is 19.8 Å². The van der Waals surface area contributed by atoms with Gasteiger partial charge in [0.25, 0.3) is 5.69 Å². The molecule has 1 saturated heterocycles. The van der Waals surface area contributed by atoms with Crippen molar-refractivity contribution in [1.29, 1.82) is 0 Å². The maximum absolute atomic E-state index is 11.1. The molecule has 0 radical (unpaired) electrons. The van der Waals surface area contributed by atoms with Crippen molar-refractivity contribution in [2.75, 3.05) is 13.1 Å². The number of non-ortho nitro benzene ring substituents is 1. The van der Waals surface area contributed by atoms with Crippen molar-refractivity contribution in [1.82, 2.24) is 4.90 Å². The molecule has 1 aromatic carbocycles. The molecule has 8 heteroatoms. The molecule has 0 bridgehead atoms. The van der Waals surface area contributed by atoms with E-state index in [1.807, 2.05) is 4.90 Å². The number of carbonyl (C=O) groups is 1. The van der Waals surface area contributed by atoms with Crippen molar-refractivity contribution in [3.8, 4) is 0 Å². The minimum Gasteiger partial charge on any atom is -0.480 e. The summed E-state index contributed by atoms with van der Waals surface area (Å²) in [6.07, 6.45) is 0.396. The van der Waals surface area contributed by atoms with Crippen LogP contribution in [0.2, 0.25) is 0 Å². The van der Waals surface area contributed by atoms with Gasteiger partial charge in [-0.2, -0.15) is 0 Å². The van der Waals surface area contributed by atoms with Gasteiger partial charge in [-0.05, 0) is 18.1 Å². The number of halogens is 1. The van der Waals surface area contributed by atoms with Crippen LogP contribution in [0.25, 0.3) is 0 Å². The molecule has 2 rings (SSSR count). The van der Waals surface area contributed by atoms with E-state index >= 15 is 0 Å². The highest BCUT2D eigenvalue weighted by molar-refractivity contribution is 9.10. The molecule has 3 N–H and O–H groups in total. The van der Waals surface area contributed by atoms with E-state index in [-0.39, 0.29) is 12.2 Å². The summed E-state index contributed by atoms with van der Waals surface area (Å²) < 4.78 is 0.636. The van der Waals surface area contributed by atoms with Crippen molar-refractivity contribution in [2.24, 2.45) is 5.73 Å². The molecule has 0 saturated carbocycles. The van der Waals surface area contributed by atoms with E-state index in [9.17, 15) is 14.9 Å². The number of hydrogen-bond donors (Lipinski definition) is 2. The molecule has 1 atom stereocenters. The minimum atomic E-state index is -1.20. The Bertz CT molecular complexity index is 566. The smallest absolute Gasteiger partial charge is 0.325 e. The average Bonchev–Trinajstić information content (AvgIpc) is 2.75. The second kappa shape index (κ2) is 5.47. The number of nitrogens with two attached hydrogens (primary N) is 1.